The Morgan fingerprint density at radius 2 is 1.81 bits per heavy atom. The van der Waals surface area contributed by atoms with E-state index in [1.54, 1.807) is 6.07 Å². The largest absolute Gasteiger partial charge is 0.504 e. The normalized spacial score (nSPS) is 10.2. The van der Waals surface area contributed by atoms with Gasteiger partial charge in [0.25, 0.3) is 0 Å². The van der Waals surface area contributed by atoms with Crippen molar-refractivity contribution < 1.29 is 14.9 Å². The highest BCUT2D eigenvalue weighted by atomic mass is 16.5. The number of ether oxygens (including phenoxy) is 1. The van der Waals surface area contributed by atoms with Crippen molar-refractivity contribution >= 4 is 0 Å². The minimum Gasteiger partial charge on any atom is -0.504 e. The van der Waals surface area contributed by atoms with E-state index >= 15 is 0 Å². The number of methoxy groups -OCH3 is 1. The van der Waals surface area contributed by atoms with Gasteiger partial charge in [0.1, 0.15) is 0 Å². The second kappa shape index (κ2) is 6.35. The van der Waals surface area contributed by atoms with Crippen LogP contribution in [0.4, 0.5) is 0 Å². The van der Waals surface area contributed by atoms with Crippen LogP contribution in [-0.2, 0) is 6.42 Å². The molecular weight excluding hydrogens is 264 g/mol. The van der Waals surface area contributed by atoms with Crippen molar-refractivity contribution in [3.05, 3.63) is 53.6 Å². The number of rotatable bonds is 4. The summed E-state index contributed by atoms with van der Waals surface area (Å²) >= 11 is 0. The van der Waals surface area contributed by atoms with Gasteiger partial charge in [-0.2, -0.15) is 0 Å². The van der Waals surface area contributed by atoms with E-state index in [0.717, 1.165) is 16.7 Å². The van der Waals surface area contributed by atoms with Crippen LogP contribution in [-0.4, -0.2) is 17.3 Å². The maximum atomic E-state index is 10.0. The fourth-order valence-corrected chi connectivity index (χ4v) is 2.28. The Kier molecular flexibility index (Phi) is 4.53. The summed E-state index contributed by atoms with van der Waals surface area (Å²) in [5.74, 6) is -0.0626. The highest BCUT2D eigenvalue weighted by molar-refractivity contribution is 5.75. The van der Waals surface area contributed by atoms with Gasteiger partial charge in [-0.15, -0.1) is 0 Å². The van der Waals surface area contributed by atoms with E-state index in [0.29, 0.717) is 12.2 Å². The zero-order valence-electron chi connectivity index (χ0n) is 12.6. The van der Waals surface area contributed by atoms with Gasteiger partial charge in [-0.1, -0.05) is 42.0 Å². The molecule has 0 bridgehead atoms. The van der Waals surface area contributed by atoms with Gasteiger partial charge in [0, 0.05) is 5.56 Å². The molecule has 0 aromatic heterocycles. The van der Waals surface area contributed by atoms with Gasteiger partial charge in [0.2, 0.25) is 5.75 Å². The minimum absolute atomic E-state index is 0.174. The molecule has 0 atom stereocenters. The first-order valence-corrected chi connectivity index (χ1v) is 6.85. The van der Waals surface area contributed by atoms with Crippen LogP contribution in [0.3, 0.4) is 0 Å². The van der Waals surface area contributed by atoms with Crippen molar-refractivity contribution in [2.75, 3.05) is 7.11 Å². The number of benzene rings is 2. The van der Waals surface area contributed by atoms with E-state index in [9.17, 15) is 10.2 Å². The van der Waals surface area contributed by atoms with Gasteiger partial charge < -0.3 is 14.9 Å². The molecule has 2 rings (SSSR count). The van der Waals surface area contributed by atoms with Crippen molar-refractivity contribution in [2.24, 2.45) is 0 Å². The molecule has 110 valence electrons. The van der Waals surface area contributed by atoms with E-state index < -0.39 is 0 Å². The summed E-state index contributed by atoms with van der Waals surface area (Å²) in [5.41, 5.74) is 3.88. The van der Waals surface area contributed by atoms with Gasteiger partial charge in [-0.05, 0) is 37.5 Å². The molecule has 0 fully saturated rings. The maximum Gasteiger partial charge on any atom is 0.200 e. The van der Waals surface area contributed by atoms with E-state index in [4.69, 9.17) is 4.74 Å². The molecule has 2 N–H and O–H groups in total. The monoisotopic (exact) mass is 284 g/mol. The van der Waals surface area contributed by atoms with Crippen molar-refractivity contribution in [3.63, 3.8) is 0 Å². The third kappa shape index (κ3) is 3.19. The highest BCUT2D eigenvalue weighted by Gasteiger charge is 2.18. The number of hydrogen-bond donors (Lipinski definition) is 2. The molecule has 0 unspecified atom stereocenters. The van der Waals surface area contributed by atoms with Crippen molar-refractivity contribution in [1.29, 1.82) is 0 Å². The fourth-order valence-electron chi connectivity index (χ4n) is 2.28. The molecule has 0 amide bonds. The lowest BCUT2D eigenvalue weighted by Crippen LogP contribution is -1.96. The molecular formula is C18H20O3. The molecule has 21 heavy (non-hydrogen) atoms. The van der Waals surface area contributed by atoms with Crippen LogP contribution in [0.15, 0.2) is 48.0 Å². The number of hydrogen-bond acceptors (Lipinski definition) is 3. The van der Waals surface area contributed by atoms with Crippen LogP contribution in [0.5, 0.6) is 17.2 Å². The molecule has 0 aliphatic rings. The summed E-state index contributed by atoms with van der Waals surface area (Å²) in [6.07, 6.45) is 2.70. The number of allylic oxidation sites excluding steroid dienone is 2. The zero-order chi connectivity index (χ0) is 15.4. The maximum absolute atomic E-state index is 10.0. The third-order valence-corrected chi connectivity index (χ3v) is 3.34. The molecule has 0 saturated carbocycles. The lowest BCUT2D eigenvalue weighted by Gasteiger charge is -2.16. The van der Waals surface area contributed by atoms with E-state index in [1.807, 2.05) is 44.2 Å². The van der Waals surface area contributed by atoms with Gasteiger partial charge in [0.15, 0.2) is 11.5 Å². The fraction of sp³-hybridized carbons (Fsp3) is 0.222. The molecule has 0 heterocycles. The Balaban J connectivity index is 2.67. The predicted octanol–water partition coefficient (Wildman–Crippen LogP) is 4.28. The molecule has 3 nitrogen and oxygen atoms in total. The summed E-state index contributed by atoms with van der Waals surface area (Å²) in [5, 5.41) is 19.9. The zero-order valence-corrected chi connectivity index (χ0v) is 12.6. The van der Waals surface area contributed by atoms with Gasteiger partial charge >= 0.3 is 0 Å². The Morgan fingerprint density at radius 3 is 2.38 bits per heavy atom. The SMILES string of the molecule is COc1c(O)c(O)cc(-c2ccccc2)c1CC=C(C)C. The van der Waals surface area contributed by atoms with Crippen LogP contribution < -0.4 is 4.74 Å². The average molecular weight is 284 g/mol. The molecule has 0 aliphatic heterocycles. The van der Waals surface area contributed by atoms with E-state index in [-0.39, 0.29) is 11.5 Å². The predicted molar refractivity (Wildman–Crippen MR) is 84.9 cm³/mol. The molecule has 3 heteroatoms. The van der Waals surface area contributed by atoms with Crippen LogP contribution in [0.2, 0.25) is 0 Å². The molecule has 0 spiro atoms. The Bertz CT molecular complexity index is 654. The third-order valence-electron chi connectivity index (χ3n) is 3.34. The van der Waals surface area contributed by atoms with Gasteiger partial charge in [-0.25, -0.2) is 0 Å². The lowest BCUT2D eigenvalue weighted by molar-refractivity contribution is 0.348. The molecule has 2 aromatic carbocycles. The van der Waals surface area contributed by atoms with Crippen LogP contribution in [0.1, 0.15) is 19.4 Å². The van der Waals surface area contributed by atoms with E-state index in [1.165, 1.54) is 12.7 Å². The molecule has 2 aromatic rings. The summed E-state index contributed by atoms with van der Waals surface area (Å²) in [7, 11) is 1.50. The van der Waals surface area contributed by atoms with Crippen LogP contribution in [0, 0.1) is 0 Å². The number of phenols is 2. The first kappa shape index (κ1) is 15.0. The molecule has 0 radical (unpaired) electrons. The van der Waals surface area contributed by atoms with Crippen LogP contribution >= 0.6 is 0 Å². The summed E-state index contributed by atoms with van der Waals surface area (Å²) < 4.78 is 5.31. The van der Waals surface area contributed by atoms with Gasteiger partial charge in [-0.3, -0.25) is 0 Å². The Hall–Kier alpha value is -2.42. The summed E-state index contributed by atoms with van der Waals surface area (Å²) in [6, 6.07) is 11.3. The highest BCUT2D eigenvalue weighted by Crippen LogP contribution is 2.44. The van der Waals surface area contributed by atoms with Crippen LogP contribution in [0.25, 0.3) is 11.1 Å². The topological polar surface area (TPSA) is 49.7 Å². The van der Waals surface area contributed by atoms with E-state index in [2.05, 4.69) is 6.08 Å². The lowest BCUT2D eigenvalue weighted by atomic mass is 9.95. The second-order valence-corrected chi connectivity index (χ2v) is 5.16. The second-order valence-electron chi connectivity index (χ2n) is 5.16. The molecule has 0 aliphatic carbocycles. The average Bonchev–Trinajstić information content (AvgIpc) is 2.48. The van der Waals surface area contributed by atoms with Gasteiger partial charge in [0.05, 0.1) is 7.11 Å². The summed E-state index contributed by atoms with van der Waals surface area (Å²) in [4.78, 5) is 0. The Labute approximate surface area is 125 Å². The standard InChI is InChI=1S/C18H20O3/c1-12(2)9-10-14-15(13-7-5-4-6-8-13)11-16(19)17(20)18(14)21-3/h4-9,11,19-20H,10H2,1-3H3. The first-order valence-electron chi connectivity index (χ1n) is 6.85. The quantitative estimate of drug-likeness (QED) is 0.650. The molecule has 0 saturated heterocycles. The summed E-state index contributed by atoms with van der Waals surface area (Å²) in [6.45, 7) is 4.05. The minimum atomic E-state index is -0.214. The number of phenolic OH excluding ortho intramolecular Hbond substituents is 2. The first-order chi connectivity index (χ1) is 10.0. The van der Waals surface area contributed by atoms with Crippen molar-refractivity contribution in [1.82, 2.24) is 0 Å². The Morgan fingerprint density at radius 1 is 1.14 bits per heavy atom. The van der Waals surface area contributed by atoms with Crippen molar-refractivity contribution in [2.45, 2.75) is 20.3 Å². The number of aromatic hydroxyl groups is 2. The van der Waals surface area contributed by atoms with Crippen molar-refractivity contribution in [3.8, 4) is 28.4 Å². The smallest absolute Gasteiger partial charge is 0.200 e.